The number of carboxylic acid groups (broad SMARTS) is 1. The van der Waals surface area contributed by atoms with Crippen LogP contribution in [0.15, 0.2) is 24.3 Å². The molecule has 6 nitrogen and oxygen atoms in total. The lowest BCUT2D eigenvalue weighted by Crippen LogP contribution is -2.49. The highest BCUT2D eigenvalue weighted by Gasteiger charge is 2.23. The SMILES string of the molecule is Nc1ccccc1C(=O)N1CCN(CCC(=O)O)CC1. The highest BCUT2D eigenvalue weighted by Crippen LogP contribution is 2.15. The van der Waals surface area contributed by atoms with Gasteiger partial charge in [0.1, 0.15) is 0 Å². The Morgan fingerprint density at radius 1 is 1.15 bits per heavy atom. The third-order valence-electron chi connectivity index (χ3n) is 3.49. The van der Waals surface area contributed by atoms with Gasteiger partial charge in [-0.3, -0.25) is 14.5 Å². The van der Waals surface area contributed by atoms with Gasteiger partial charge in [-0.05, 0) is 12.1 Å². The summed E-state index contributed by atoms with van der Waals surface area (Å²) in [5.41, 5.74) is 6.84. The number of nitrogens with zero attached hydrogens (tertiary/aromatic N) is 2. The fourth-order valence-corrected chi connectivity index (χ4v) is 2.29. The van der Waals surface area contributed by atoms with Crippen LogP contribution in [0.1, 0.15) is 16.8 Å². The Bertz CT molecular complexity index is 496. The third kappa shape index (κ3) is 3.48. The van der Waals surface area contributed by atoms with Gasteiger partial charge in [0, 0.05) is 38.4 Å². The molecule has 0 aromatic heterocycles. The van der Waals surface area contributed by atoms with E-state index in [0.29, 0.717) is 44.0 Å². The van der Waals surface area contributed by atoms with Gasteiger partial charge < -0.3 is 15.7 Å². The molecule has 1 aliphatic heterocycles. The molecule has 108 valence electrons. The van der Waals surface area contributed by atoms with Gasteiger partial charge in [-0.2, -0.15) is 0 Å². The number of piperazine rings is 1. The van der Waals surface area contributed by atoms with Crippen LogP contribution < -0.4 is 5.73 Å². The van der Waals surface area contributed by atoms with Crippen LogP contribution in [0.5, 0.6) is 0 Å². The summed E-state index contributed by atoms with van der Waals surface area (Å²) in [5.74, 6) is -0.846. The molecule has 1 fully saturated rings. The van der Waals surface area contributed by atoms with Crippen LogP contribution in [0.3, 0.4) is 0 Å². The third-order valence-corrected chi connectivity index (χ3v) is 3.49. The van der Waals surface area contributed by atoms with Crippen molar-refractivity contribution in [1.29, 1.82) is 0 Å². The Morgan fingerprint density at radius 2 is 1.80 bits per heavy atom. The lowest BCUT2D eigenvalue weighted by Gasteiger charge is -2.34. The summed E-state index contributed by atoms with van der Waals surface area (Å²) < 4.78 is 0. The van der Waals surface area contributed by atoms with Crippen molar-refractivity contribution in [1.82, 2.24) is 9.80 Å². The van der Waals surface area contributed by atoms with E-state index >= 15 is 0 Å². The van der Waals surface area contributed by atoms with E-state index in [1.807, 2.05) is 0 Å². The van der Waals surface area contributed by atoms with Gasteiger partial charge in [-0.1, -0.05) is 12.1 Å². The molecule has 1 heterocycles. The first kappa shape index (κ1) is 14.3. The number of anilines is 1. The van der Waals surface area contributed by atoms with Crippen molar-refractivity contribution in [3.05, 3.63) is 29.8 Å². The normalized spacial score (nSPS) is 16.1. The molecule has 3 N–H and O–H groups in total. The predicted molar refractivity (Wildman–Crippen MR) is 75.5 cm³/mol. The average molecular weight is 277 g/mol. The molecule has 0 aliphatic carbocycles. The number of hydrogen-bond donors (Lipinski definition) is 2. The number of benzene rings is 1. The molecule has 0 radical (unpaired) electrons. The van der Waals surface area contributed by atoms with E-state index in [0.717, 1.165) is 0 Å². The lowest BCUT2D eigenvalue weighted by atomic mass is 10.1. The van der Waals surface area contributed by atoms with E-state index in [-0.39, 0.29) is 12.3 Å². The highest BCUT2D eigenvalue weighted by molar-refractivity contribution is 5.99. The van der Waals surface area contributed by atoms with Gasteiger partial charge in [0.05, 0.1) is 12.0 Å². The second-order valence-corrected chi connectivity index (χ2v) is 4.86. The largest absolute Gasteiger partial charge is 0.481 e. The number of para-hydroxylation sites is 1. The number of rotatable bonds is 4. The van der Waals surface area contributed by atoms with Crippen molar-refractivity contribution in [3.8, 4) is 0 Å². The number of nitrogens with two attached hydrogens (primary N) is 1. The average Bonchev–Trinajstić information content (AvgIpc) is 2.45. The van der Waals surface area contributed by atoms with Gasteiger partial charge in [0.15, 0.2) is 0 Å². The number of carbonyl (C=O) groups excluding carboxylic acids is 1. The van der Waals surface area contributed by atoms with Gasteiger partial charge >= 0.3 is 5.97 Å². The van der Waals surface area contributed by atoms with Crippen LogP contribution in [0.2, 0.25) is 0 Å². The van der Waals surface area contributed by atoms with Crippen LogP contribution in [-0.2, 0) is 4.79 Å². The van der Waals surface area contributed by atoms with Crippen molar-refractivity contribution in [2.24, 2.45) is 0 Å². The summed E-state index contributed by atoms with van der Waals surface area (Å²) in [6.07, 6.45) is 0.138. The minimum absolute atomic E-state index is 0.0546. The summed E-state index contributed by atoms with van der Waals surface area (Å²) in [5, 5.41) is 8.66. The first-order chi connectivity index (χ1) is 9.58. The van der Waals surface area contributed by atoms with Crippen molar-refractivity contribution in [2.45, 2.75) is 6.42 Å². The molecular weight excluding hydrogens is 258 g/mol. The van der Waals surface area contributed by atoms with E-state index in [1.54, 1.807) is 29.2 Å². The van der Waals surface area contributed by atoms with E-state index in [1.165, 1.54) is 0 Å². The zero-order valence-corrected chi connectivity index (χ0v) is 11.3. The molecule has 1 amide bonds. The summed E-state index contributed by atoms with van der Waals surface area (Å²) in [6, 6.07) is 7.05. The number of nitrogen functional groups attached to an aromatic ring is 1. The molecule has 20 heavy (non-hydrogen) atoms. The van der Waals surface area contributed by atoms with E-state index in [4.69, 9.17) is 10.8 Å². The maximum Gasteiger partial charge on any atom is 0.304 e. The minimum Gasteiger partial charge on any atom is -0.481 e. The highest BCUT2D eigenvalue weighted by atomic mass is 16.4. The van der Waals surface area contributed by atoms with Gasteiger partial charge in [0.2, 0.25) is 0 Å². The van der Waals surface area contributed by atoms with Crippen LogP contribution >= 0.6 is 0 Å². The number of hydrogen-bond acceptors (Lipinski definition) is 4. The molecule has 6 heteroatoms. The monoisotopic (exact) mass is 277 g/mol. The predicted octanol–water partition coefficient (Wildman–Crippen LogP) is 0.501. The summed E-state index contributed by atoms with van der Waals surface area (Å²) >= 11 is 0. The second kappa shape index (κ2) is 6.38. The topological polar surface area (TPSA) is 86.9 Å². The van der Waals surface area contributed by atoms with E-state index in [9.17, 15) is 9.59 Å². The number of aliphatic carboxylic acids is 1. The van der Waals surface area contributed by atoms with Crippen molar-refractivity contribution >= 4 is 17.6 Å². The Morgan fingerprint density at radius 3 is 2.40 bits per heavy atom. The zero-order chi connectivity index (χ0) is 14.5. The first-order valence-corrected chi connectivity index (χ1v) is 6.66. The van der Waals surface area contributed by atoms with Crippen molar-refractivity contribution in [3.63, 3.8) is 0 Å². The Balaban J connectivity index is 1.89. The molecule has 0 bridgehead atoms. The summed E-state index contributed by atoms with van der Waals surface area (Å²) in [4.78, 5) is 26.7. The van der Waals surface area contributed by atoms with Crippen LogP contribution in [-0.4, -0.2) is 59.5 Å². The second-order valence-electron chi connectivity index (χ2n) is 4.86. The molecule has 2 rings (SSSR count). The van der Waals surface area contributed by atoms with Crippen LogP contribution in [0, 0.1) is 0 Å². The molecule has 0 saturated carbocycles. The molecule has 1 aromatic carbocycles. The van der Waals surface area contributed by atoms with Crippen molar-refractivity contribution in [2.75, 3.05) is 38.5 Å². The van der Waals surface area contributed by atoms with Gasteiger partial charge in [-0.15, -0.1) is 0 Å². The lowest BCUT2D eigenvalue weighted by molar-refractivity contribution is -0.137. The number of carbonyl (C=O) groups is 2. The Hall–Kier alpha value is -2.08. The molecule has 1 saturated heterocycles. The summed E-state index contributed by atoms with van der Waals surface area (Å²) in [7, 11) is 0. The van der Waals surface area contributed by atoms with E-state index < -0.39 is 5.97 Å². The minimum atomic E-state index is -0.791. The fraction of sp³-hybridized carbons (Fsp3) is 0.429. The van der Waals surface area contributed by atoms with Crippen molar-refractivity contribution < 1.29 is 14.7 Å². The maximum absolute atomic E-state index is 12.3. The van der Waals surface area contributed by atoms with Crippen LogP contribution in [0.4, 0.5) is 5.69 Å². The molecule has 0 unspecified atom stereocenters. The molecule has 1 aliphatic rings. The standard InChI is InChI=1S/C14H19N3O3/c15-12-4-2-1-3-11(12)14(20)17-9-7-16(8-10-17)6-5-13(18)19/h1-4H,5-10,15H2,(H,18,19). The van der Waals surface area contributed by atoms with Gasteiger partial charge in [-0.25, -0.2) is 0 Å². The Kier molecular flexibility index (Phi) is 4.57. The van der Waals surface area contributed by atoms with Gasteiger partial charge in [0.25, 0.3) is 5.91 Å². The molecular formula is C14H19N3O3. The van der Waals surface area contributed by atoms with Crippen LogP contribution in [0.25, 0.3) is 0 Å². The fourth-order valence-electron chi connectivity index (χ4n) is 2.29. The summed E-state index contributed by atoms with van der Waals surface area (Å²) in [6.45, 7) is 3.14. The smallest absolute Gasteiger partial charge is 0.304 e. The maximum atomic E-state index is 12.3. The quantitative estimate of drug-likeness (QED) is 0.783. The van der Waals surface area contributed by atoms with E-state index in [2.05, 4.69) is 4.90 Å². The molecule has 0 atom stereocenters. The first-order valence-electron chi connectivity index (χ1n) is 6.66. The number of amides is 1. The zero-order valence-electron chi connectivity index (χ0n) is 11.3. The Labute approximate surface area is 117 Å². The number of carboxylic acids is 1. The molecule has 0 spiro atoms. The molecule has 1 aromatic rings.